The Balaban J connectivity index is 1.80. The standard InChI is InChI=1S/C26H29N3O4/c1-16-11-17(2)13-22(12-16)29-25(32)23(20-6-8-21(9-7-20)27-18(3)31)24(26(29)33)28-10-4-5-19(14-28)15-30/h6-9,11-13,19,30H,4-5,10,14-15H2,1-3H3,(H,27,31). The van der Waals surface area contributed by atoms with Crippen molar-refractivity contribution in [3.8, 4) is 0 Å². The topological polar surface area (TPSA) is 90.0 Å². The van der Waals surface area contributed by atoms with E-state index in [0.29, 0.717) is 41.3 Å². The molecule has 0 aliphatic carbocycles. The number of carbonyl (C=O) groups is 3. The Bertz CT molecular complexity index is 1120. The maximum absolute atomic E-state index is 13.7. The lowest BCUT2D eigenvalue weighted by Gasteiger charge is -2.34. The van der Waals surface area contributed by atoms with E-state index in [2.05, 4.69) is 5.32 Å². The molecule has 0 aromatic heterocycles. The molecule has 7 nitrogen and oxygen atoms in total. The molecule has 3 amide bonds. The first kappa shape index (κ1) is 22.7. The van der Waals surface area contributed by atoms with Crippen molar-refractivity contribution in [3.05, 3.63) is 64.9 Å². The highest BCUT2D eigenvalue weighted by molar-refractivity contribution is 6.45. The first-order valence-corrected chi connectivity index (χ1v) is 11.2. The summed E-state index contributed by atoms with van der Waals surface area (Å²) in [6.07, 6.45) is 1.73. The minimum atomic E-state index is -0.363. The third kappa shape index (κ3) is 4.54. The number of piperidine rings is 1. The van der Waals surface area contributed by atoms with E-state index in [1.807, 2.05) is 36.9 Å². The number of anilines is 2. The summed E-state index contributed by atoms with van der Waals surface area (Å²) in [7, 11) is 0. The van der Waals surface area contributed by atoms with Crippen molar-refractivity contribution in [2.24, 2.45) is 5.92 Å². The lowest BCUT2D eigenvalue weighted by molar-refractivity contribution is -0.121. The second kappa shape index (κ2) is 9.19. The van der Waals surface area contributed by atoms with Crippen LogP contribution in [-0.2, 0) is 14.4 Å². The van der Waals surface area contributed by atoms with Gasteiger partial charge >= 0.3 is 0 Å². The maximum atomic E-state index is 13.7. The third-order valence-corrected chi connectivity index (χ3v) is 6.11. The number of hydrogen-bond donors (Lipinski definition) is 2. The van der Waals surface area contributed by atoms with Gasteiger partial charge in [-0.25, -0.2) is 4.90 Å². The molecule has 2 aromatic carbocycles. The second-order valence-electron chi connectivity index (χ2n) is 8.91. The van der Waals surface area contributed by atoms with Crippen LogP contribution in [0.25, 0.3) is 5.57 Å². The Morgan fingerprint density at radius 2 is 1.73 bits per heavy atom. The first-order chi connectivity index (χ1) is 15.8. The molecule has 4 rings (SSSR count). The van der Waals surface area contributed by atoms with Gasteiger partial charge in [0.05, 0.1) is 11.3 Å². The van der Waals surface area contributed by atoms with E-state index in [1.54, 1.807) is 24.3 Å². The van der Waals surface area contributed by atoms with Gasteiger partial charge in [0.15, 0.2) is 0 Å². The van der Waals surface area contributed by atoms with Crippen LogP contribution in [0.1, 0.15) is 36.5 Å². The number of rotatable bonds is 5. The molecular formula is C26H29N3O4. The van der Waals surface area contributed by atoms with Crippen LogP contribution in [0.3, 0.4) is 0 Å². The number of nitrogens with one attached hydrogen (secondary N) is 1. The summed E-state index contributed by atoms with van der Waals surface area (Å²) in [6, 6.07) is 12.7. The van der Waals surface area contributed by atoms with Crippen molar-refractivity contribution in [2.45, 2.75) is 33.6 Å². The molecule has 33 heavy (non-hydrogen) atoms. The van der Waals surface area contributed by atoms with Crippen molar-refractivity contribution in [3.63, 3.8) is 0 Å². The molecular weight excluding hydrogens is 418 g/mol. The molecule has 2 aliphatic rings. The number of aryl methyl sites for hydroxylation is 2. The molecule has 0 saturated carbocycles. The lowest BCUT2D eigenvalue weighted by Crippen LogP contribution is -2.40. The Labute approximate surface area is 193 Å². The third-order valence-electron chi connectivity index (χ3n) is 6.11. The summed E-state index contributed by atoms with van der Waals surface area (Å²) in [4.78, 5) is 42.0. The van der Waals surface area contributed by atoms with E-state index in [-0.39, 0.29) is 30.2 Å². The van der Waals surface area contributed by atoms with Gasteiger partial charge in [-0.15, -0.1) is 0 Å². The normalized spacial score (nSPS) is 18.8. The highest BCUT2D eigenvalue weighted by atomic mass is 16.3. The smallest absolute Gasteiger partial charge is 0.282 e. The van der Waals surface area contributed by atoms with Gasteiger partial charge in [0.25, 0.3) is 11.8 Å². The first-order valence-electron chi connectivity index (χ1n) is 11.2. The molecule has 172 valence electrons. The predicted molar refractivity (Wildman–Crippen MR) is 127 cm³/mol. The fourth-order valence-corrected chi connectivity index (χ4v) is 4.73. The van der Waals surface area contributed by atoms with Crippen molar-refractivity contribution in [1.82, 2.24) is 4.90 Å². The van der Waals surface area contributed by atoms with Gasteiger partial charge in [0.1, 0.15) is 5.70 Å². The van der Waals surface area contributed by atoms with Crippen LogP contribution < -0.4 is 10.2 Å². The van der Waals surface area contributed by atoms with Gasteiger partial charge in [-0.1, -0.05) is 18.2 Å². The van der Waals surface area contributed by atoms with Gasteiger partial charge in [-0.3, -0.25) is 14.4 Å². The van der Waals surface area contributed by atoms with Gasteiger partial charge < -0.3 is 15.3 Å². The van der Waals surface area contributed by atoms with Crippen LogP contribution in [0, 0.1) is 19.8 Å². The van der Waals surface area contributed by atoms with Gasteiger partial charge in [0, 0.05) is 32.3 Å². The zero-order valence-electron chi connectivity index (χ0n) is 19.2. The van der Waals surface area contributed by atoms with E-state index < -0.39 is 0 Å². The fourth-order valence-electron chi connectivity index (χ4n) is 4.73. The average Bonchev–Trinajstić information content (AvgIpc) is 3.03. The van der Waals surface area contributed by atoms with Gasteiger partial charge in [0.2, 0.25) is 5.91 Å². The van der Waals surface area contributed by atoms with Crippen LogP contribution in [-0.4, -0.2) is 47.4 Å². The number of benzene rings is 2. The van der Waals surface area contributed by atoms with Gasteiger partial charge in [-0.05, 0) is 73.6 Å². The van der Waals surface area contributed by atoms with E-state index in [9.17, 15) is 19.5 Å². The molecule has 2 aromatic rings. The lowest BCUT2D eigenvalue weighted by atomic mass is 9.97. The van der Waals surface area contributed by atoms with E-state index >= 15 is 0 Å². The number of aliphatic hydroxyl groups is 1. The summed E-state index contributed by atoms with van der Waals surface area (Å²) in [5.41, 5.74) is 4.47. The number of hydrogen-bond acceptors (Lipinski definition) is 5. The van der Waals surface area contributed by atoms with E-state index in [0.717, 1.165) is 24.0 Å². The molecule has 2 N–H and O–H groups in total. The molecule has 1 saturated heterocycles. The Morgan fingerprint density at radius 3 is 2.33 bits per heavy atom. The molecule has 2 heterocycles. The monoisotopic (exact) mass is 447 g/mol. The highest BCUT2D eigenvalue weighted by Gasteiger charge is 2.43. The Kier molecular flexibility index (Phi) is 6.33. The summed E-state index contributed by atoms with van der Waals surface area (Å²) in [5, 5.41) is 12.4. The fraction of sp³-hybridized carbons (Fsp3) is 0.346. The summed E-state index contributed by atoms with van der Waals surface area (Å²) in [5.74, 6) is -0.824. The molecule has 2 aliphatic heterocycles. The average molecular weight is 448 g/mol. The molecule has 0 bridgehead atoms. The highest BCUT2D eigenvalue weighted by Crippen LogP contribution is 2.37. The second-order valence-corrected chi connectivity index (χ2v) is 8.91. The van der Waals surface area contributed by atoms with E-state index in [1.165, 1.54) is 11.8 Å². The molecule has 0 spiro atoms. The summed E-state index contributed by atoms with van der Waals surface area (Å²) >= 11 is 0. The zero-order valence-corrected chi connectivity index (χ0v) is 19.2. The Morgan fingerprint density at radius 1 is 1.06 bits per heavy atom. The number of likely N-dealkylation sites (tertiary alicyclic amines) is 1. The number of amides is 3. The molecule has 1 fully saturated rings. The Hall–Kier alpha value is -3.45. The quantitative estimate of drug-likeness (QED) is 0.687. The predicted octanol–water partition coefficient (Wildman–Crippen LogP) is 3.25. The number of nitrogens with zero attached hydrogens (tertiary/aromatic N) is 2. The molecule has 7 heteroatoms. The minimum Gasteiger partial charge on any atom is -0.396 e. The number of aliphatic hydroxyl groups excluding tert-OH is 1. The van der Waals surface area contributed by atoms with Crippen molar-refractivity contribution < 1.29 is 19.5 Å². The van der Waals surface area contributed by atoms with Gasteiger partial charge in [-0.2, -0.15) is 0 Å². The summed E-state index contributed by atoms with van der Waals surface area (Å²) < 4.78 is 0. The van der Waals surface area contributed by atoms with Crippen LogP contribution >= 0.6 is 0 Å². The zero-order chi connectivity index (χ0) is 23.7. The van der Waals surface area contributed by atoms with Crippen LogP contribution in [0.15, 0.2) is 48.2 Å². The van der Waals surface area contributed by atoms with Crippen LogP contribution in [0.5, 0.6) is 0 Å². The van der Waals surface area contributed by atoms with E-state index in [4.69, 9.17) is 0 Å². The SMILES string of the molecule is CC(=O)Nc1ccc(C2=C(N3CCCC(CO)C3)C(=O)N(c3cc(C)cc(C)c3)C2=O)cc1. The molecule has 0 radical (unpaired) electrons. The van der Waals surface area contributed by atoms with Crippen LogP contribution in [0.4, 0.5) is 11.4 Å². The maximum Gasteiger partial charge on any atom is 0.282 e. The van der Waals surface area contributed by atoms with Crippen molar-refractivity contribution in [1.29, 1.82) is 0 Å². The largest absolute Gasteiger partial charge is 0.396 e. The molecule has 1 unspecified atom stereocenters. The van der Waals surface area contributed by atoms with Crippen molar-refractivity contribution >= 4 is 34.7 Å². The minimum absolute atomic E-state index is 0.0491. The molecule has 1 atom stereocenters. The summed E-state index contributed by atoms with van der Waals surface area (Å²) in [6.45, 7) is 6.54. The van der Waals surface area contributed by atoms with Crippen molar-refractivity contribution in [2.75, 3.05) is 29.9 Å². The van der Waals surface area contributed by atoms with Crippen LogP contribution in [0.2, 0.25) is 0 Å². The number of carbonyl (C=O) groups excluding carboxylic acids is 3. The number of imide groups is 1.